The molecule has 6 heterocycles. The van der Waals surface area contributed by atoms with Gasteiger partial charge in [0.15, 0.2) is 0 Å². The van der Waals surface area contributed by atoms with Crippen molar-refractivity contribution in [3.63, 3.8) is 0 Å². The molecule has 0 radical (unpaired) electrons. The van der Waals surface area contributed by atoms with E-state index in [9.17, 15) is 0 Å². The number of nitrogens with zero attached hydrogens (tertiary/aromatic N) is 8. The summed E-state index contributed by atoms with van der Waals surface area (Å²) in [7, 11) is 2.57. The topological polar surface area (TPSA) is 143 Å². The zero-order valence-electron chi connectivity index (χ0n) is 37.7. The Labute approximate surface area is 429 Å². The van der Waals surface area contributed by atoms with Crippen LogP contribution in [0.4, 0.5) is 0 Å². The zero-order chi connectivity index (χ0) is 47.5. The van der Waals surface area contributed by atoms with Crippen molar-refractivity contribution in [1.29, 1.82) is 0 Å². The van der Waals surface area contributed by atoms with Crippen LogP contribution < -0.4 is 5.46 Å². The Hall–Kier alpha value is -8.11. The zero-order valence-corrected chi connectivity index (χ0v) is 39.9. The highest BCUT2D eigenvalue weighted by Gasteiger charge is 2.14. The molecule has 0 aliphatic rings. The minimum atomic E-state index is -1.40. The first kappa shape index (κ1) is 50.8. The minimum absolute atomic E-state index is 0. The average Bonchev–Trinajstić information content (AvgIpc) is 4.10. The van der Waals surface area contributed by atoms with E-state index < -0.39 is 7.12 Å². The number of halogens is 1. The van der Waals surface area contributed by atoms with Crippen molar-refractivity contribution in [3.05, 3.63) is 223 Å². The molecule has 3 N–H and O–H groups in total. The highest BCUT2D eigenvalue weighted by Crippen LogP contribution is 2.33. The smallest absolute Gasteiger partial charge is 0.423 e. The quantitative estimate of drug-likeness (QED) is 0.110. The third-order valence-electron chi connectivity index (χ3n) is 11.4. The Morgan fingerprint density at radius 1 is 0.451 bits per heavy atom. The van der Waals surface area contributed by atoms with Crippen LogP contribution in [0, 0.1) is 3.57 Å². The molecule has 13 heteroatoms. The van der Waals surface area contributed by atoms with Gasteiger partial charge in [-0.1, -0.05) is 130 Å². The summed E-state index contributed by atoms with van der Waals surface area (Å²) in [6.07, 6.45) is 10.3. The molecule has 0 aliphatic carbocycles. The molecular weight excluding hydrogens is 992 g/mol. The summed E-state index contributed by atoms with van der Waals surface area (Å²) in [4.78, 5) is 12.0. The molecule has 0 bridgehead atoms. The largest absolute Gasteiger partial charge is 0.490 e. The second-order valence-electron chi connectivity index (χ2n) is 15.9. The van der Waals surface area contributed by atoms with Crippen LogP contribution in [0.3, 0.4) is 0 Å². The average molecular weight is 1050 g/mol. The molecule has 12 rings (SSSR count). The molecule has 6 aromatic heterocycles. The van der Waals surface area contributed by atoms with E-state index in [1.807, 2.05) is 115 Å². The Kier molecular flexibility index (Phi) is 17.1. The number of nitrogens with one attached hydrogen (secondary N) is 1. The maximum Gasteiger partial charge on any atom is 0.490 e. The van der Waals surface area contributed by atoms with Gasteiger partial charge in [0.05, 0.1) is 22.2 Å². The molecule has 71 heavy (non-hydrogen) atoms. The van der Waals surface area contributed by atoms with Crippen LogP contribution >= 0.6 is 22.6 Å². The van der Waals surface area contributed by atoms with Crippen LogP contribution in [0.5, 0.6) is 0 Å². The third-order valence-corrected chi connectivity index (χ3v) is 12.0. The van der Waals surface area contributed by atoms with E-state index in [1.54, 1.807) is 24.5 Å². The lowest BCUT2D eigenvalue weighted by molar-refractivity contribution is 0.425. The SMILES string of the molecule is C.C.Cn1nc(-c2ccccc2)c2cc(-c3ccncc3)ccc21.Cn1nc(-c2ccccc2)c2cc(I)ccc21.OB(O)c1cccnc1.[HH].c1ccc(-c2n[nH]c3ccc(-c4cccnc4)cc23)cc1. The lowest BCUT2D eigenvalue weighted by Gasteiger charge is -2.03. The molecule has 0 spiro atoms. The van der Waals surface area contributed by atoms with Gasteiger partial charge in [0.2, 0.25) is 0 Å². The monoisotopic (exact) mass is 1050 g/mol. The second kappa shape index (κ2) is 23.9. The van der Waals surface area contributed by atoms with E-state index in [-0.39, 0.29) is 16.3 Å². The number of rotatable bonds is 6. The minimum Gasteiger partial charge on any atom is -0.423 e. The standard InChI is InChI=1S/C19H15N3.C18H13N3.C14H11IN2.C5H6BNO2.2CH4.H2/c1-22-18-8-7-16(14-9-11-20-12-10-14)13-17(18)19(21-22)15-5-3-2-4-6-15;1-2-5-13(6-3-1)18-16-11-14(8-9-17(16)20-21-18)15-7-4-10-19-12-15;1-17-13-8-7-11(15)9-12(13)14(16-17)10-5-3-2-4-6-10;8-6(9)5-2-1-3-7-4-5;;;/h2-13H,1H3;1-12H,(H,20,21);2-9H,1H3;1-4,8-9H;2*1H4;1H. The first-order chi connectivity index (χ1) is 33.8. The Bertz CT molecular complexity index is 3570. The van der Waals surface area contributed by atoms with Gasteiger partial charge in [0.25, 0.3) is 0 Å². The summed E-state index contributed by atoms with van der Waals surface area (Å²) in [6.45, 7) is 0. The number of fused-ring (bicyclic) bond motifs is 3. The summed E-state index contributed by atoms with van der Waals surface area (Å²) >= 11 is 2.34. The molecule has 0 aliphatic heterocycles. The van der Waals surface area contributed by atoms with Gasteiger partial charge in [-0.2, -0.15) is 15.3 Å². The van der Waals surface area contributed by atoms with E-state index in [2.05, 4.69) is 150 Å². The van der Waals surface area contributed by atoms with Crippen LogP contribution in [-0.4, -0.2) is 61.9 Å². The second-order valence-corrected chi connectivity index (χ2v) is 17.2. The van der Waals surface area contributed by atoms with Crippen molar-refractivity contribution in [3.8, 4) is 56.0 Å². The summed E-state index contributed by atoms with van der Waals surface area (Å²) in [5.74, 6) is 0. The first-order valence-electron chi connectivity index (χ1n) is 22.1. The highest BCUT2D eigenvalue weighted by molar-refractivity contribution is 14.1. The fourth-order valence-electron chi connectivity index (χ4n) is 7.92. The van der Waals surface area contributed by atoms with Crippen LogP contribution in [0.1, 0.15) is 16.3 Å². The van der Waals surface area contributed by atoms with Gasteiger partial charge in [0, 0.05) is 100 Å². The molecule has 11 nitrogen and oxygen atoms in total. The molecular formula is C58H55BIN9O2. The van der Waals surface area contributed by atoms with Crippen molar-refractivity contribution in [2.45, 2.75) is 14.9 Å². The van der Waals surface area contributed by atoms with E-state index in [0.717, 1.165) is 55.8 Å². The van der Waals surface area contributed by atoms with Crippen molar-refractivity contribution >= 4 is 67.9 Å². The predicted molar refractivity (Wildman–Crippen MR) is 303 cm³/mol. The van der Waals surface area contributed by atoms with Crippen LogP contribution in [0.2, 0.25) is 0 Å². The normalized spacial score (nSPS) is 10.4. The molecule has 0 unspecified atom stereocenters. The van der Waals surface area contributed by atoms with Crippen molar-refractivity contribution in [2.24, 2.45) is 14.1 Å². The number of aromatic amines is 1. The van der Waals surface area contributed by atoms with Gasteiger partial charge in [0.1, 0.15) is 11.4 Å². The van der Waals surface area contributed by atoms with E-state index in [0.29, 0.717) is 5.46 Å². The van der Waals surface area contributed by atoms with Gasteiger partial charge in [-0.3, -0.25) is 29.4 Å². The molecule has 0 atom stereocenters. The summed E-state index contributed by atoms with van der Waals surface area (Å²) < 4.78 is 5.11. The first-order valence-corrected chi connectivity index (χ1v) is 23.2. The number of hydrogen-bond acceptors (Lipinski definition) is 8. The fourth-order valence-corrected chi connectivity index (χ4v) is 8.41. The van der Waals surface area contributed by atoms with E-state index in [1.165, 1.54) is 42.7 Å². The number of hydrogen-bond donors (Lipinski definition) is 3. The Morgan fingerprint density at radius 3 is 1.48 bits per heavy atom. The molecule has 0 saturated carbocycles. The van der Waals surface area contributed by atoms with Crippen LogP contribution in [0.15, 0.2) is 219 Å². The van der Waals surface area contributed by atoms with Crippen molar-refractivity contribution in [2.75, 3.05) is 0 Å². The van der Waals surface area contributed by atoms with Crippen molar-refractivity contribution < 1.29 is 11.5 Å². The lowest BCUT2D eigenvalue weighted by atomic mass is 9.82. The number of H-pyrrole nitrogens is 1. The third kappa shape index (κ3) is 12.0. The molecule has 12 aromatic rings. The molecule has 0 fully saturated rings. The maximum absolute atomic E-state index is 8.54. The van der Waals surface area contributed by atoms with Gasteiger partial charge < -0.3 is 10.0 Å². The van der Waals surface area contributed by atoms with Crippen LogP contribution in [0.25, 0.3) is 88.7 Å². The van der Waals surface area contributed by atoms with E-state index >= 15 is 0 Å². The number of pyridine rings is 3. The molecule has 6 aromatic carbocycles. The van der Waals surface area contributed by atoms with Gasteiger partial charge in [-0.25, -0.2) is 0 Å². The van der Waals surface area contributed by atoms with Gasteiger partial charge >= 0.3 is 7.12 Å². The summed E-state index contributed by atoms with van der Waals surface area (Å²) in [5.41, 5.74) is 14.9. The molecule has 354 valence electrons. The summed E-state index contributed by atoms with van der Waals surface area (Å²) in [5, 5.41) is 37.5. The number of aromatic nitrogens is 9. The highest BCUT2D eigenvalue weighted by atomic mass is 127. The van der Waals surface area contributed by atoms with Crippen molar-refractivity contribution in [1.82, 2.24) is 44.7 Å². The maximum atomic E-state index is 8.54. The number of aryl methyl sites for hydroxylation is 2. The Balaban J connectivity index is 0.000000160. The molecule has 0 saturated heterocycles. The van der Waals surface area contributed by atoms with Crippen LogP contribution in [-0.2, 0) is 14.1 Å². The van der Waals surface area contributed by atoms with Gasteiger partial charge in [-0.15, -0.1) is 0 Å². The summed E-state index contributed by atoms with van der Waals surface area (Å²) in [6, 6.07) is 61.4. The Morgan fingerprint density at radius 2 is 0.944 bits per heavy atom. The molecule has 0 amide bonds. The van der Waals surface area contributed by atoms with E-state index in [4.69, 9.17) is 15.1 Å². The fraction of sp³-hybridized carbons (Fsp3) is 0.0690. The van der Waals surface area contributed by atoms with Gasteiger partial charge in [-0.05, 0) is 106 Å². The lowest BCUT2D eigenvalue weighted by Crippen LogP contribution is -2.29. The number of benzene rings is 6. The predicted octanol–water partition coefficient (Wildman–Crippen LogP) is 12.7.